The number of halogens is 6. The van der Waals surface area contributed by atoms with Gasteiger partial charge in [-0.25, -0.2) is 4.79 Å². The van der Waals surface area contributed by atoms with E-state index in [-0.39, 0.29) is 49.0 Å². The minimum absolute atomic E-state index is 0.0167. The first-order valence-corrected chi connectivity index (χ1v) is 17.5. The van der Waals surface area contributed by atoms with Crippen LogP contribution in [0, 0.1) is 0 Å². The molecule has 0 saturated carbocycles. The average molecular weight is 767 g/mol. The third-order valence-corrected chi connectivity index (χ3v) is 9.00. The number of alkyl halides is 6. The molecule has 1 fully saturated rings. The number of benzene rings is 4. The number of imide groups is 1. The summed E-state index contributed by atoms with van der Waals surface area (Å²) in [4.78, 5) is 27.5. The first-order valence-electron chi connectivity index (χ1n) is 17.5. The summed E-state index contributed by atoms with van der Waals surface area (Å²) in [5.41, 5.74) is -6.50. The van der Waals surface area contributed by atoms with E-state index in [9.17, 15) is 41.0 Å². The van der Waals surface area contributed by atoms with Gasteiger partial charge in [0, 0.05) is 23.2 Å². The standard InChI is InChI=1S/C42H40F6N2O5/c1-28(2)55-35-22-20-33(21-23-35)39(3)37(51)50(38(52)49-39)24-10-11-25-54-36-31(18-16-29-12-6-4-7-13-29)26-34(40(53,41(43,44)45)42(46,47)48)27-32(36)19-17-30-14-8-5-9-15-30/h4-9,12-23,26-28,53H,10-11,24-25H2,1-3H3,(H,49,52). The Morgan fingerprint density at radius 3 is 1.75 bits per heavy atom. The van der Waals surface area contributed by atoms with Crippen LogP contribution in [0.15, 0.2) is 97.1 Å². The number of nitrogens with zero attached hydrogens (tertiary/aromatic N) is 1. The second kappa shape index (κ2) is 16.4. The van der Waals surface area contributed by atoms with Crippen LogP contribution in [-0.4, -0.2) is 53.6 Å². The predicted octanol–water partition coefficient (Wildman–Crippen LogP) is 9.75. The molecule has 4 aromatic rings. The number of hydrogen-bond acceptors (Lipinski definition) is 5. The molecule has 1 heterocycles. The second-order valence-electron chi connectivity index (χ2n) is 13.4. The van der Waals surface area contributed by atoms with Crippen molar-refractivity contribution in [2.24, 2.45) is 0 Å². The van der Waals surface area contributed by atoms with Gasteiger partial charge >= 0.3 is 18.4 Å². The summed E-state index contributed by atoms with van der Waals surface area (Å²) in [6, 6.07) is 24.6. The van der Waals surface area contributed by atoms with E-state index in [1.807, 2.05) is 13.8 Å². The van der Waals surface area contributed by atoms with E-state index in [0.717, 1.165) is 4.90 Å². The third kappa shape index (κ3) is 9.05. The Hall–Kier alpha value is -5.56. The van der Waals surface area contributed by atoms with Gasteiger partial charge in [-0.2, -0.15) is 26.3 Å². The van der Waals surface area contributed by atoms with Gasteiger partial charge in [-0.1, -0.05) is 97.1 Å². The molecule has 290 valence electrons. The number of urea groups is 1. The fraction of sp³-hybridized carbons (Fsp3) is 0.286. The number of unbranched alkanes of at least 4 members (excludes halogenated alkanes) is 1. The number of rotatable bonds is 14. The normalized spacial score (nSPS) is 16.7. The molecule has 4 aromatic carbocycles. The molecular formula is C42H40F6N2O5. The molecule has 1 aliphatic heterocycles. The first-order chi connectivity index (χ1) is 25.9. The molecule has 13 heteroatoms. The summed E-state index contributed by atoms with van der Waals surface area (Å²) >= 11 is 0. The fourth-order valence-electron chi connectivity index (χ4n) is 6.07. The molecule has 3 amide bonds. The lowest BCUT2D eigenvalue weighted by molar-refractivity contribution is -0.376. The first kappa shape index (κ1) is 40.6. The van der Waals surface area contributed by atoms with Gasteiger partial charge in [-0.15, -0.1) is 0 Å². The van der Waals surface area contributed by atoms with Crippen molar-refractivity contribution < 1.29 is 50.5 Å². The molecular weight excluding hydrogens is 726 g/mol. The Morgan fingerprint density at radius 1 is 0.764 bits per heavy atom. The number of ether oxygens (including phenoxy) is 2. The number of amides is 3. The van der Waals surface area contributed by atoms with Crippen molar-refractivity contribution >= 4 is 36.2 Å². The van der Waals surface area contributed by atoms with E-state index in [1.165, 1.54) is 24.3 Å². The average Bonchev–Trinajstić information content (AvgIpc) is 3.36. The van der Waals surface area contributed by atoms with Crippen LogP contribution in [0.3, 0.4) is 0 Å². The lowest BCUT2D eigenvalue weighted by atomic mass is 9.88. The molecule has 0 spiro atoms. The van der Waals surface area contributed by atoms with Crippen molar-refractivity contribution in [1.29, 1.82) is 0 Å². The van der Waals surface area contributed by atoms with Crippen LogP contribution in [0.4, 0.5) is 31.1 Å². The Labute approximate surface area is 314 Å². The molecule has 55 heavy (non-hydrogen) atoms. The summed E-state index contributed by atoms with van der Waals surface area (Å²) in [5, 5.41) is 13.2. The summed E-state index contributed by atoms with van der Waals surface area (Å²) in [5.74, 6) is 0.108. The van der Waals surface area contributed by atoms with Gasteiger partial charge in [0.15, 0.2) is 0 Å². The van der Waals surface area contributed by atoms with Crippen molar-refractivity contribution in [3.8, 4) is 11.5 Å². The van der Waals surface area contributed by atoms with Crippen LogP contribution >= 0.6 is 0 Å². The summed E-state index contributed by atoms with van der Waals surface area (Å²) in [6.45, 7) is 5.30. The van der Waals surface area contributed by atoms with Crippen molar-refractivity contribution in [3.05, 3.63) is 130 Å². The van der Waals surface area contributed by atoms with Crippen molar-refractivity contribution in [2.75, 3.05) is 13.2 Å². The zero-order chi connectivity index (χ0) is 40.0. The molecule has 1 unspecified atom stereocenters. The molecule has 0 bridgehead atoms. The Bertz CT molecular complexity index is 1930. The van der Waals surface area contributed by atoms with Crippen LogP contribution in [0.25, 0.3) is 24.3 Å². The van der Waals surface area contributed by atoms with Crippen LogP contribution in [0.2, 0.25) is 0 Å². The third-order valence-electron chi connectivity index (χ3n) is 9.00. The molecule has 5 rings (SSSR count). The van der Waals surface area contributed by atoms with Gasteiger partial charge in [-0.05, 0) is 74.6 Å². The quantitative estimate of drug-likeness (QED) is 0.0578. The van der Waals surface area contributed by atoms with Gasteiger partial charge in [0.25, 0.3) is 11.5 Å². The molecule has 7 nitrogen and oxygen atoms in total. The molecule has 1 atom stereocenters. The van der Waals surface area contributed by atoms with Gasteiger partial charge in [0.05, 0.1) is 12.7 Å². The molecule has 1 saturated heterocycles. The predicted molar refractivity (Wildman–Crippen MR) is 198 cm³/mol. The van der Waals surface area contributed by atoms with E-state index < -0.39 is 41.0 Å². The van der Waals surface area contributed by atoms with Gasteiger partial charge in [-0.3, -0.25) is 9.69 Å². The lowest BCUT2D eigenvalue weighted by Crippen LogP contribution is -2.54. The maximum atomic E-state index is 14.1. The number of carbonyl (C=O) groups is 2. The largest absolute Gasteiger partial charge is 0.492 e. The number of nitrogens with one attached hydrogen (secondary N) is 1. The summed E-state index contributed by atoms with van der Waals surface area (Å²) < 4.78 is 96.5. The van der Waals surface area contributed by atoms with Crippen LogP contribution in [0.5, 0.6) is 11.5 Å². The number of hydrogen-bond donors (Lipinski definition) is 2. The topological polar surface area (TPSA) is 88.1 Å². The molecule has 0 radical (unpaired) electrons. The molecule has 0 aromatic heterocycles. The van der Waals surface area contributed by atoms with E-state index in [2.05, 4.69) is 5.32 Å². The highest BCUT2D eigenvalue weighted by molar-refractivity contribution is 6.07. The molecule has 2 N–H and O–H groups in total. The summed E-state index contributed by atoms with van der Waals surface area (Å²) in [7, 11) is 0. The highest BCUT2D eigenvalue weighted by Crippen LogP contribution is 2.51. The highest BCUT2D eigenvalue weighted by Gasteiger charge is 2.71. The lowest BCUT2D eigenvalue weighted by Gasteiger charge is -2.33. The highest BCUT2D eigenvalue weighted by atomic mass is 19.4. The van der Waals surface area contributed by atoms with Crippen LogP contribution in [-0.2, 0) is 15.9 Å². The maximum absolute atomic E-state index is 14.1. The second-order valence-corrected chi connectivity index (χ2v) is 13.4. The van der Waals surface area contributed by atoms with Crippen molar-refractivity contribution in [1.82, 2.24) is 10.2 Å². The minimum atomic E-state index is -6.12. The van der Waals surface area contributed by atoms with Crippen LogP contribution in [0.1, 0.15) is 67.0 Å². The van der Waals surface area contributed by atoms with Gasteiger partial charge in [0.1, 0.15) is 17.0 Å². The van der Waals surface area contributed by atoms with E-state index in [0.29, 0.717) is 34.6 Å². The monoisotopic (exact) mass is 766 g/mol. The van der Waals surface area contributed by atoms with Crippen molar-refractivity contribution in [2.45, 2.75) is 63.2 Å². The summed E-state index contributed by atoms with van der Waals surface area (Å²) in [6.07, 6.45) is -6.15. The van der Waals surface area contributed by atoms with E-state index in [4.69, 9.17) is 9.47 Å². The van der Waals surface area contributed by atoms with Crippen LogP contribution < -0.4 is 14.8 Å². The Balaban J connectivity index is 1.42. The zero-order valence-corrected chi connectivity index (χ0v) is 30.2. The Kier molecular flexibility index (Phi) is 12.1. The van der Waals surface area contributed by atoms with Crippen molar-refractivity contribution in [3.63, 3.8) is 0 Å². The zero-order valence-electron chi connectivity index (χ0n) is 30.2. The maximum Gasteiger partial charge on any atom is 0.430 e. The smallest absolute Gasteiger partial charge is 0.430 e. The minimum Gasteiger partial charge on any atom is -0.492 e. The Morgan fingerprint density at radius 2 is 1.27 bits per heavy atom. The number of carbonyl (C=O) groups excluding carboxylic acids is 2. The molecule has 0 aliphatic carbocycles. The molecule has 1 aliphatic rings. The van der Waals surface area contributed by atoms with E-state index >= 15 is 0 Å². The fourth-order valence-corrected chi connectivity index (χ4v) is 6.07. The van der Waals surface area contributed by atoms with Gasteiger partial charge in [0.2, 0.25) is 0 Å². The van der Waals surface area contributed by atoms with Gasteiger partial charge < -0.3 is 19.9 Å². The SMILES string of the molecule is CC(C)Oc1ccc(C2(C)NC(=O)N(CCCCOc3c(C=Cc4ccccc4)cc(C(O)(C(F)(F)F)C(F)(F)F)cc3C=Cc3ccccc3)C2=O)cc1. The number of aliphatic hydroxyl groups is 1. The van der Waals surface area contributed by atoms with E-state index in [1.54, 1.807) is 91.9 Å².